The molecule has 0 aromatic heterocycles. The Morgan fingerprint density at radius 3 is 3.00 bits per heavy atom. The second-order valence-corrected chi connectivity index (χ2v) is 4.16. The maximum absolute atomic E-state index is 13.5. The van der Waals surface area contributed by atoms with Crippen LogP contribution in [0, 0.1) is 5.82 Å². The van der Waals surface area contributed by atoms with Crippen molar-refractivity contribution < 1.29 is 9.18 Å². The first-order chi connectivity index (χ1) is 7.66. The number of nitrogens with zero attached hydrogens (tertiary/aromatic N) is 1. The Morgan fingerprint density at radius 1 is 1.50 bits per heavy atom. The molecule has 0 atom stereocenters. The number of hydrogen-bond acceptors (Lipinski definition) is 2. The van der Waals surface area contributed by atoms with E-state index >= 15 is 0 Å². The van der Waals surface area contributed by atoms with E-state index in [-0.39, 0.29) is 11.7 Å². The van der Waals surface area contributed by atoms with Crippen LogP contribution in [0.25, 0.3) is 0 Å². The summed E-state index contributed by atoms with van der Waals surface area (Å²) in [5.41, 5.74) is 0.500. The molecule has 1 saturated heterocycles. The standard InChI is InChI=1S/C11H12ClFN2O/c12-9-2-1-8(10(13)5-9)7-15-4-3-14-6-11(15)16/h1-2,5,14H,3-4,6-7H2. The van der Waals surface area contributed by atoms with Gasteiger partial charge in [-0.1, -0.05) is 17.7 Å². The van der Waals surface area contributed by atoms with Crippen molar-refractivity contribution in [2.75, 3.05) is 19.6 Å². The first-order valence-corrected chi connectivity index (χ1v) is 5.47. The van der Waals surface area contributed by atoms with Crippen LogP contribution >= 0.6 is 11.6 Å². The average Bonchev–Trinajstić information content (AvgIpc) is 2.25. The fraction of sp³-hybridized carbons (Fsp3) is 0.364. The number of amides is 1. The Balaban J connectivity index is 2.10. The van der Waals surface area contributed by atoms with E-state index in [2.05, 4.69) is 5.32 Å². The lowest BCUT2D eigenvalue weighted by molar-refractivity contribution is -0.132. The fourth-order valence-corrected chi connectivity index (χ4v) is 1.83. The van der Waals surface area contributed by atoms with Crippen molar-refractivity contribution in [1.82, 2.24) is 10.2 Å². The fourth-order valence-electron chi connectivity index (χ4n) is 1.67. The molecule has 0 aliphatic carbocycles. The lowest BCUT2D eigenvalue weighted by atomic mass is 10.2. The number of carbonyl (C=O) groups excluding carboxylic acids is 1. The maximum Gasteiger partial charge on any atom is 0.236 e. The molecule has 0 unspecified atom stereocenters. The summed E-state index contributed by atoms with van der Waals surface area (Å²) in [7, 11) is 0. The Labute approximate surface area is 98.2 Å². The lowest BCUT2D eigenvalue weighted by Gasteiger charge is -2.27. The molecule has 1 fully saturated rings. The highest BCUT2D eigenvalue weighted by Crippen LogP contribution is 2.16. The third kappa shape index (κ3) is 2.51. The summed E-state index contributed by atoms with van der Waals surface area (Å²) in [6, 6.07) is 4.52. The molecule has 1 aliphatic heterocycles. The monoisotopic (exact) mass is 242 g/mol. The number of nitrogens with one attached hydrogen (secondary N) is 1. The lowest BCUT2D eigenvalue weighted by Crippen LogP contribution is -2.47. The van der Waals surface area contributed by atoms with Crippen LogP contribution in [-0.2, 0) is 11.3 Å². The zero-order valence-corrected chi connectivity index (χ0v) is 9.43. The van der Waals surface area contributed by atoms with Gasteiger partial charge in [0.05, 0.1) is 6.54 Å². The van der Waals surface area contributed by atoms with Crippen molar-refractivity contribution in [2.45, 2.75) is 6.54 Å². The van der Waals surface area contributed by atoms with Gasteiger partial charge in [-0.15, -0.1) is 0 Å². The molecule has 3 nitrogen and oxygen atoms in total. The molecule has 86 valence electrons. The summed E-state index contributed by atoms with van der Waals surface area (Å²) in [6.07, 6.45) is 0. The van der Waals surface area contributed by atoms with Crippen molar-refractivity contribution in [1.29, 1.82) is 0 Å². The topological polar surface area (TPSA) is 32.3 Å². The molecule has 0 radical (unpaired) electrons. The van der Waals surface area contributed by atoms with Crippen LogP contribution in [0.2, 0.25) is 5.02 Å². The van der Waals surface area contributed by atoms with Gasteiger partial charge in [-0.3, -0.25) is 4.79 Å². The van der Waals surface area contributed by atoms with Crippen molar-refractivity contribution >= 4 is 17.5 Å². The Bertz CT molecular complexity index is 411. The zero-order chi connectivity index (χ0) is 11.5. The van der Waals surface area contributed by atoms with Crippen molar-refractivity contribution in [2.24, 2.45) is 0 Å². The van der Waals surface area contributed by atoms with E-state index < -0.39 is 0 Å². The van der Waals surface area contributed by atoms with Gasteiger partial charge in [0.1, 0.15) is 5.82 Å². The minimum Gasteiger partial charge on any atom is -0.336 e. The van der Waals surface area contributed by atoms with E-state index in [1.165, 1.54) is 6.07 Å². The van der Waals surface area contributed by atoms with Crippen LogP contribution in [0.15, 0.2) is 18.2 Å². The van der Waals surface area contributed by atoms with Gasteiger partial charge in [-0.2, -0.15) is 0 Å². The second kappa shape index (κ2) is 4.80. The van der Waals surface area contributed by atoms with Gasteiger partial charge in [0.15, 0.2) is 0 Å². The van der Waals surface area contributed by atoms with Crippen LogP contribution in [-0.4, -0.2) is 30.4 Å². The number of benzene rings is 1. The Hall–Kier alpha value is -1.13. The molecule has 1 aliphatic rings. The molecular formula is C11H12ClFN2O. The summed E-state index contributed by atoms with van der Waals surface area (Å²) >= 11 is 5.66. The highest BCUT2D eigenvalue weighted by atomic mass is 35.5. The molecule has 0 bridgehead atoms. The van der Waals surface area contributed by atoms with Crippen LogP contribution in [0.1, 0.15) is 5.56 Å². The molecule has 1 aromatic carbocycles. The summed E-state index contributed by atoms with van der Waals surface area (Å²) in [6.45, 7) is 2.00. The first-order valence-electron chi connectivity index (χ1n) is 5.09. The quantitative estimate of drug-likeness (QED) is 0.851. The van der Waals surface area contributed by atoms with Gasteiger partial charge in [0.2, 0.25) is 5.91 Å². The van der Waals surface area contributed by atoms with Gasteiger partial charge in [-0.25, -0.2) is 4.39 Å². The number of halogens is 2. The van der Waals surface area contributed by atoms with Crippen LogP contribution in [0.5, 0.6) is 0 Å². The maximum atomic E-state index is 13.5. The number of piperazine rings is 1. The first kappa shape index (κ1) is 11.4. The molecule has 5 heteroatoms. The highest BCUT2D eigenvalue weighted by molar-refractivity contribution is 6.30. The average molecular weight is 243 g/mol. The number of rotatable bonds is 2. The van der Waals surface area contributed by atoms with Gasteiger partial charge < -0.3 is 10.2 Å². The molecule has 1 aromatic rings. The third-order valence-corrected chi connectivity index (χ3v) is 2.80. The summed E-state index contributed by atoms with van der Waals surface area (Å²) in [5, 5.41) is 3.34. The van der Waals surface area contributed by atoms with E-state index in [9.17, 15) is 9.18 Å². The van der Waals surface area contributed by atoms with Crippen molar-refractivity contribution in [3.63, 3.8) is 0 Å². The largest absolute Gasteiger partial charge is 0.336 e. The Morgan fingerprint density at radius 2 is 2.31 bits per heavy atom. The normalized spacial score (nSPS) is 16.6. The van der Waals surface area contributed by atoms with Crippen molar-refractivity contribution in [3.05, 3.63) is 34.6 Å². The molecule has 1 N–H and O–H groups in total. The van der Waals surface area contributed by atoms with Gasteiger partial charge >= 0.3 is 0 Å². The van der Waals surface area contributed by atoms with Gasteiger partial charge in [-0.05, 0) is 12.1 Å². The van der Waals surface area contributed by atoms with E-state index in [0.29, 0.717) is 30.2 Å². The van der Waals surface area contributed by atoms with E-state index in [1.807, 2.05) is 0 Å². The summed E-state index contributed by atoms with van der Waals surface area (Å²) in [5.74, 6) is -0.362. The van der Waals surface area contributed by atoms with Crippen molar-refractivity contribution in [3.8, 4) is 0 Å². The van der Waals surface area contributed by atoms with Gasteiger partial charge in [0.25, 0.3) is 0 Å². The minimum absolute atomic E-state index is 0.000556. The van der Waals surface area contributed by atoms with E-state index in [0.717, 1.165) is 6.54 Å². The van der Waals surface area contributed by atoms with E-state index in [1.54, 1.807) is 17.0 Å². The predicted octanol–water partition coefficient (Wildman–Crippen LogP) is 1.41. The molecule has 0 saturated carbocycles. The predicted molar refractivity (Wildman–Crippen MR) is 59.7 cm³/mol. The second-order valence-electron chi connectivity index (χ2n) is 3.73. The van der Waals surface area contributed by atoms with Gasteiger partial charge in [0, 0.05) is 30.2 Å². The molecular weight excluding hydrogens is 231 g/mol. The molecule has 16 heavy (non-hydrogen) atoms. The smallest absolute Gasteiger partial charge is 0.236 e. The SMILES string of the molecule is O=C1CNCCN1Cc1ccc(Cl)cc1F. The van der Waals surface area contributed by atoms with Crippen LogP contribution in [0.3, 0.4) is 0 Å². The molecule has 1 heterocycles. The molecule has 0 spiro atoms. The summed E-state index contributed by atoms with van der Waals surface area (Å²) in [4.78, 5) is 13.1. The van der Waals surface area contributed by atoms with Crippen LogP contribution in [0.4, 0.5) is 4.39 Å². The Kier molecular flexibility index (Phi) is 3.41. The van der Waals surface area contributed by atoms with E-state index in [4.69, 9.17) is 11.6 Å². The number of carbonyl (C=O) groups is 1. The third-order valence-electron chi connectivity index (χ3n) is 2.56. The van der Waals surface area contributed by atoms with Crippen LogP contribution < -0.4 is 5.32 Å². The molecule has 1 amide bonds. The highest BCUT2D eigenvalue weighted by Gasteiger charge is 2.18. The molecule has 2 rings (SSSR count). The number of hydrogen-bond donors (Lipinski definition) is 1. The minimum atomic E-state index is -0.362. The zero-order valence-electron chi connectivity index (χ0n) is 8.67. The summed E-state index contributed by atoms with van der Waals surface area (Å²) < 4.78 is 13.5.